The van der Waals surface area contributed by atoms with Gasteiger partial charge in [-0.1, -0.05) is 18.2 Å². The molecule has 1 aromatic heterocycles. The predicted octanol–water partition coefficient (Wildman–Crippen LogP) is 3.22. The third-order valence-electron chi connectivity index (χ3n) is 3.44. The average molecular weight is 329 g/mol. The van der Waals surface area contributed by atoms with Gasteiger partial charge >= 0.3 is 0 Å². The first kappa shape index (κ1) is 16.2. The fraction of sp³-hybridized carbons (Fsp3) is 0. The van der Waals surface area contributed by atoms with Crippen molar-refractivity contribution >= 4 is 18.2 Å². The Morgan fingerprint density at radius 1 is 1.20 bits per heavy atom. The van der Waals surface area contributed by atoms with E-state index >= 15 is 0 Å². The summed E-state index contributed by atoms with van der Waals surface area (Å²) in [6.07, 6.45) is 14.0. The summed E-state index contributed by atoms with van der Waals surface area (Å²) in [6, 6.07) is 8.33. The molecule has 1 aliphatic rings. The lowest BCUT2D eigenvalue weighted by atomic mass is 10.1. The first-order valence-electron chi connectivity index (χ1n) is 7.60. The second-order valence-corrected chi connectivity index (χ2v) is 5.21. The molecule has 0 spiro atoms. The molecule has 0 saturated carbocycles. The number of benzene rings is 1. The molecular weight excluding hydrogens is 314 g/mol. The van der Waals surface area contributed by atoms with E-state index in [9.17, 15) is 9.90 Å². The summed E-state index contributed by atoms with van der Waals surface area (Å²) in [5.74, 6) is -0.264. The fourth-order valence-corrected chi connectivity index (χ4v) is 2.14. The topological polar surface area (TPSA) is 74.6 Å². The van der Waals surface area contributed by atoms with Crippen LogP contribution >= 0.6 is 0 Å². The molecule has 1 aliphatic carbocycles. The largest absolute Gasteiger partial charge is 0.507 e. The van der Waals surface area contributed by atoms with Crippen LogP contribution in [0.5, 0.6) is 5.75 Å². The molecule has 2 aromatic rings. The van der Waals surface area contributed by atoms with Gasteiger partial charge in [0, 0.05) is 29.1 Å². The maximum atomic E-state index is 11.9. The van der Waals surface area contributed by atoms with Gasteiger partial charge < -0.3 is 5.11 Å². The summed E-state index contributed by atoms with van der Waals surface area (Å²) in [7, 11) is 0. The standard InChI is InChI=1S/C20H15N3O2/c24-19-8-7-16(6-5-15-3-1-2-4-15)13-18(19)14-22-23-20(25)17-9-11-21-12-10-17/h1-3,5-14,24H,(H,23,25)/b6-5+,22-14+. The molecule has 5 nitrogen and oxygen atoms in total. The van der Waals surface area contributed by atoms with Crippen molar-refractivity contribution in [2.75, 3.05) is 0 Å². The number of nitrogens with one attached hydrogen (secondary N) is 1. The van der Waals surface area contributed by atoms with Crippen molar-refractivity contribution in [1.82, 2.24) is 10.4 Å². The molecule has 3 rings (SSSR count). The Labute approximate surface area is 145 Å². The van der Waals surface area contributed by atoms with Crippen LogP contribution in [0.3, 0.4) is 0 Å². The van der Waals surface area contributed by atoms with E-state index in [4.69, 9.17) is 0 Å². The number of rotatable bonds is 5. The molecule has 25 heavy (non-hydrogen) atoms. The van der Waals surface area contributed by atoms with Crippen molar-refractivity contribution in [2.24, 2.45) is 5.10 Å². The Kier molecular flexibility index (Phi) is 5.00. The summed E-state index contributed by atoms with van der Waals surface area (Å²) >= 11 is 0. The number of hydrazone groups is 1. The zero-order valence-corrected chi connectivity index (χ0v) is 13.3. The van der Waals surface area contributed by atoms with Crippen molar-refractivity contribution in [3.8, 4) is 5.75 Å². The van der Waals surface area contributed by atoms with Crippen LogP contribution < -0.4 is 5.43 Å². The number of hydrogen-bond acceptors (Lipinski definition) is 4. The van der Waals surface area contributed by atoms with Gasteiger partial charge in [0.1, 0.15) is 5.75 Å². The number of phenols is 1. The van der Waals surface area contributed by atoms with Crippen LogP contribution in [0.1, 0.15) is 21.5 Å². The van der Waals surface area contributed by atoms with Crippen molar-refractivity contribution in [3.05, 3.63) is 95.0 Å². The molecule has 122 valence electrons. The SMILES string of the molecule is O=C(N/N=C/c1cc(/C=C/C2=C=CC=C2)ccc1O)c1ccncc1. The highest BCUT2D eigenvalue weighted by molar-refractivity contribution is 5.95. The number of aromatic hydroxyl groups is 1. The summed E-state index contributed by atoms with van der Waals surface area (Å²) < 4.78 is 0. The highest BCUT2D eigenvalue weighted by Gasteiger charge is 2.03. The molecule has 0 unspecified atom stereocenters. The summed E-state index contributed by atoms with van der Waals surface area (Å²) in [5, 5.41) is 13.8. The number of pyridine rings is 1. The lowest BCUT2D eigenvalue weighted by molar-refractivity contribution is 0.0955. The Morgan fingerprint density at radius 2 is 2.04 bits per heavy atom. The molecule has 0 radical (unpaired) electrons. The minimum atomic E-state index is -0.346. The molecule has 1 aromatic carbocycles. The molecule has 0 atom stereocenters. The monoisotopic (exact) mass is 329 g/mol. The number of aromatic nitrogens is 1. The maximum absolute atomic E-state index is 11.9. The Hall–Kier alpha value is -3.69. The Balaban J connectivity index is 1.69. The van der Waals surface area contributed by atoms with Crippen LogP contribution in [-0.2, 0) is 0 Å². The third kappa shape index (κ3) is 4.41. The molecule has 0 bridgehead atoms. The molecule has 0 saturated heterocycles. The van der Waals surface area contributed by atoms with E-state index in [1.54, 1.807) is 30.3 Å². The van der Waals surface area contributed by atoms with E-state index in [-0.39, 0.29) is 11.7 Å². The van der Waals surface area contributed by atoms with E-state index in [1.807, 2.05) is 30.4 Å². The number of allylic oxidation sites excluding steroid dienone is 4. The number of phenolic OH excluding ortho intramolecular Hbond substituents is 1. The first-order chi connectivity index (χ1) is 12.2. The van der Waals surface area contributed by atoms with Gasteiger partial charge in [-0.25, -0.2) is 5.43 Å². The van der Waals surface area contributed by atoms with Gasteiger partial charge in [-0.15, -0.1) is 5.73 Å². The van der Waals surface area contributed by atoms with Crippen LogP contribution in [0.15, 0.2) is 83.4 Å². The Bertz CT molecular complexity index is 935. The van der Waals surface area contributed by atoms with Crippen molar-refractivity contribution < 1.29 is 9.90 Å². The predicted molar refractivity (Wildman–Crippen MR) is 97.2 cm³/mol. The summed E-state index contributed by atoms with van der Waals surface area (Å²) in [6.45, 7) is 0. The van der Waals surface area contributed by atoms with Gasteiger partial charge in [0.25, 0.3) is 5.91 Å². The summed E-state index contributed by atoms with van der Waals surface area (Å²) in [5.41, 5.74) is 8.34. The van der Waals surface area contributed by atoms with Crippen LogP contribution in [0, 0.1) is 0 Å². The second kappa shape index (κ2) is 7.73. The average Bonchev–Trinajstić information content (AvgIpc) is 3.16. The van der Waals surface area contributed by atoms with Gasteiger partial charge in [-0.05, 0) is 48.1 Å². The molecule has 0 fully saturated rings. The zero-order valence-electron chi connectivity index (χ0n) is 13.3. The minimum Gasteiger partial charge on any atom is -0.507 e. The number of amides is 1. The maximum Gasteiger partial charge on any atom is 0.271 e. The second-order valence-electron chi connectivity index (χ2n) is 5.21. The van der Waals surface area contributed by atoms with Gasteiger partial charge in [-0.2, -0.15) is 5.10 Å². The summed E-state index contributed by atoms with van der Waals surface area (Å²) in [4.78, 5) is 15.7. The zero-order chi connectivity index (χ0) is 17.5. The molecule has 5 heteroatoms. The fourth-order valence-electron chi connectivity index (χ4n) is 2.14. The molecule has 2 N–H and O–H groups in total. The lowest BCUT2D eigenvalue weighted by Crippen LogP contribution is -2.17. The van der Waals surface area contributed by atoms with Gasteiger partial charge in [0.05, 0.1) is 6.21 Å². The minimum absolute atomic E-state index is 0.0823. The first-order valence-corrected chi connectivity index (χ1v) is 7.60. The quantitative estimate of drug-likeness (QED) is 0.502. The van der Waals surface area contributed by atoms with Crippen molar-refractivity contribution in [1.29, 1.82) is 0 Å². The van der Waals surface area contributed by atoms with Crippen LogP contribution in [0.4, 0.5) is 0 Å². The highest BCUT2D eigenvalue weighted by atomic mass is 16.3. The van der Waals surface area contributed by atoms with Gasteiger partial charge in [-0.3, -0.25) is 9.78 Å². The van der Waals surface area contributed by atoms with Crippen molar-refractivity contribution in [2.45, 2.75) is 0 Å². The Morgan fingerprint density at radius 3 is 2.80 bits per heavy atom. The van der Waals surface area contributed by atoms with Crippen LogP contribution in [0.25, 0.3) is 6.08 Å². The van der Waals surface area contributed by atoms with Crippen LogP contribution in [0.2, 0.25) is 0 Å². The van der Waals surface area contributed by atoms with Gasteiger partial charge in [0.15, 0.2) is 0 Å². The van der Waals surface area contributed by atoms with E-state index in [0.29, 0.717) is 11.1 Å². The van der Waals surface area contributed by atoms with Gasteiger partial charge in [0.2, 0.25) is 0 Å². The molecule has 1 amide bonds. The number of hydrogen-bond donors (Lipinski definition) is 2. The molecule has 1 heterocycles. The normalized spacial score (nSPS) is 12.9. The van der Waals surface area contributed by atoms with E-state index in [1.165, 1.54) is 18.6 Å². The van der Waals surface area contributed by atoms with E-state index in [2.05, 4.69) is 21.2 Å². The molecular formula is C20H15N3O2. The van der Waals surface area contributed by atoms with Crippen molar-refractivity contribution in [3.63, 3.8) is 0 Å². The number of carbonyl (C=O) groups is 1. The highest BCUT2D eigenvalue weighted by Crippen LogP contribution is 2.18. The van der Waals surface area contributed by atoms with E-state index < -0.39 is 0 Å². The van der Waals surface area contributed by atoms with Crippen LogP contribution in [-0.4, -0.2) is 22.2 Å². The lowest BCUT2D eigenvalue weighted by Gasteiger charge is -2.02. The number of nitrogens with zero attached hydrogens (tertiary/aromatic N) is 2. The molecule has 0 aliphatic heterocycles. The van der Waals surface area contributed by atoms with E-state index in [0.717, 1.165) is 11.1 Å². The number of carbonyl (C=O) groups excluding carboxylic acids is 1. The third-order valence-corrected chi connectivity index (χ3v) is 3.44. The smallest absolute Gasteiger partial charge is 0.271 e.